The van der Waals surface area contributed by atoms with Gasteiger partial charge in [-0.1, -0.05) is 19.9 Å². The van der Waals surface area contributed by atoms with E-state index in [1.54, 1.807) is 11.8 Å². The Morgan fingerprint density at radius 2 is 2.07 bits per heavy atom. The van der Waals surface area contributed by atoms with Gasteiger partial charge in [0.1, 0.15) is 11.8 Å². The first-order chi connectivity index (χ1) is 13.5. The molecule has 1 fully saturated rings. The van der Waals surface area contributed by atoms with Crippen LogP contribution in [0.15, 0.2) is 35.5 Å². The maximum absolute atomic E-state index is 11.3. The molecule has 1 aliphatic heterocycles. The van der Waals surface area contributed by atoms with Crippen molar-refractivity contribution in [1.82, 2.24) is 15.0 Å². The number of nitrogens with zero attached hydrogens (tertiary/aromatic N) is 3. The Morgan fingerprint density at radius 1 is 1.29 bits per heavy atom. The molecular weight excluding hydrogens is 368 g/mol. The van der Waals surface area contributed by atoms with Gasteiger partial charge in [0.05, 0.1) is 17.6 Å². The monoisotopic (exact) mass is 394 g/mol. The number of carbonyl (C=O) groups is 1. The number of rotatable bonds is 6. The third-order valence-corrected chi connectivity index (χ3v) is 6.13. The molecule has 5 nitrogen and oxygen atoms in total. The SMILES string of the molecule is CSc1ccc(-c2cnc3[nH]cc(CC(C)(C)C=O)c3n2)cc1N1CCCC1. The van der Waals surface area contributed by atoms with Crippen LogP contribution < -0.4 is 4.90 Å². The van der Waals surface area contributed by atoms with Gasteiger partial charge in [0, 0.05) is 35.2 Å². The number of benzene rings is 1. The summed E-state index contributed by atoms with van der Waals surface area (Å²) < 4.78 is 0. The Morgan fingerprint density at radius 3 is 2.79 bits per heavy atom. The van der Waals surface area contributed by atoms with E-state index in [0.29, 0.717) is 6.42 Å². The second-order valence-corrected chi connectivity index (χ2v) is 8.98. The van der Waals surface area contributed by atoms with Gasteiger partial charge >= 0.3 is 0 Å². The largest absolute Gasteiger partial charge is 0.371 e. The summed E-state index contributed by atoms with van der Waals surface area (Å²) in [6.07, 6.45) is 10.0. The predicted molar refractivity (Wildman–Crippen MR) is 116 cm³/mol. The van der Waals surface area contributed by atoms with Gasteiger partial charge < -0.3 is 14.7 Å². The van der Waals surface area contributed by atoms with Crippen LogP contribution in [0.3, 0.4) is 0 Å². The lowest BCUT2D eigenvalue weighted by Crippen LogP contribution is -2.18. The van der Waals surface area contributed by atoms with E-state index < -0.39 is 5.41 Å². The Labute approximate surface area is 170 Å². The fourth-order valence-corrected chi connectivity index (χ4v) is 4.40. The first-order valence-electron chi connectivity index (χ1n) is 9.73. The molecule has 0 unspecified atom stereocenters. The summed E-state index contributed by atoms with van der Waals surface area (Å²) in [7, 11) is 0. The molecule has 3 aromatic rings. The van der Waals surface area contributed by atoms with Crippen LogP contribution in [-0.4, -0.2) is 40.6 Å². The molecule has 6 heteroatoms. The minimum Gasteiger partial charge on any atom is -0.371 e. The summed E-state index contributed by atoms with van der Waals surface area (Å²) in [5, 5.41) is 0. The van der Waals surface area contributed by atoms with E-state index in [2.05, 4.69) is 39.3 Å². The number of hydrogen-bond donors (Lipinski definition) is 1. The summed E-state index contributed by atoms with van der Waals surface area (Å²) in [6, 6.07) is 6.56. The van der Waals surface area contributed by atoms with Gasteiger partial charge in [0.2, 0.25) is 0 Å². The van der Waals surface area contributed by atoms with E-state index in [9.17, 15) is 4.79 Å². The molecule has 4 rings (SSSR count). The first kappa shape index (κ1) is 19.0. The number of anilines is 1. The zero-order valence-electron chi connectivity index (χ0n) is 16.7. The van der Waals surface area contributed by atoms with E-state index in [1.165, 1.54) is 23.4 Å². The number of H-pyrrole nitrogens is 1. The highest BCUT2D eigenvalue weighted by atomic mass is 32.2. The molecule has 0 amide bonds. The lowest BCUT2D eigenvalue weighted by molar-refractivity contribution is -0.114. The van der Waals surface area contributed by atoms with Gasteiger partial charge in [-0.05, 0) is 43.2 Å². The molecule has 1 aromatic carbocycles. The quantitative estimate of drug-likeness (QED) is 0.484. The number of fused-ring (bicyclic) bond motifs is 1. The molecule has 0 bridgehead atoms. The first-order valence-corrected chi connectivity index (χ1v) is 11.0. The van der Waals surface area contributed by atoms with Gasteiger partial charge in [-0.25, -0.2) is 9.97 Å². The van der Waals surface area contributed by atoms with Gasteiger partial charge in [0.15, 0.2) is 5.65 Å². The lowest BCUT2D eigenvalue weighted by atomic mass is 9.88. The highest BCUT2D eigenvalue weighted by Gasteiger charge is 2.21. The number of aldehydes is 1. The highest BCUT2D eigenvalue weighted by Crippen LogP contribution is 2.35. The van der Waals surface area contributed by atoms with Crippen LogP contribution in [0, 0.1) is 5.41 Å². The average Bonchev–Trinajstić information content (AvgIpc) is 3.37. The molecule has 1 N–H and O–H groups in total. The number of carbonyl (C=O) groups excluding carboxylic acids is 1. The summed E-state index contributed by atoms with van der Waals surface area (Å²) >= 11 is 1.79. The normalized spacial score (nSPS) is 14.8. The standard InChI is InChI=1S/C22H26N4OS/c1-22(2,14-27)11-16-12-23-21-20(16)25-17(13-24-21)15-6-7-19(28-3)18(10-15)26-8-4-5-9-26/h6-7,10,12-14H,4-5,8-9,11H2,1-3H3,(H,23,24). The molecule has 0 saturated carbocycles. The molecule has 0 atom stereocenters. The smallest absolute Gasteiger partial charge is 0.156 e. The van der Waals surface area contributed by atoms with Crippen LogP contribution >= 0.6 is 11.8 Å². The van der Waals surface area contributed by atoms with Crippen molar-refractivity contribution in [3.63, 3.8) is 0 Å². The van der Waals surface area contributed by atoms with Crippen molar-refractivity contribution in [1.29, 1.82) is 0 Å². The van der Waals surface area contributed by atoms with E-state index in [1.807, 2.05) is 26.2 Å². The third-order valence-electron chi connectivity index (χ3n) is 5.35. The Bertz CT molecular complexity index is 1000. The summed E-state index contributed by atoms with van der Waals surface area (Å²) in [6.45, 7) is 6.12. The molecule has 146 valence electrons. The second-order valence-electron chi connectivity index (χ2n) is 8.13. The molecular formula is C22H26N4OS. The molecule has 3 heterocycles. The molecule has 0 spiro atoms. The number of aromatic amines is 1. The van der Waals surface area contributed by atoms with Crippen molar-refractivity contribution < 1.29 is 4.79 Å². The van der Waals surface area contributed by atoms with Gasteiger partial charge in [0.25, 0.3) is 0 Å². The van der Waals surface area contributed by atoms with Crippen LogP contribution in [0.5, 0.6) is 0 Å². The van der Waals surface area contributed by atoms with Crippen LogP contribution in [-0.2, 0) is 11.2 Å². The predicted octanol–water partition coefficient (Wildman–Crippen LogP) is 4.71. The number of thioether (sulfide) groups is 1. The second kappa shape index (κ2) is 7.59. The van der Waals surface area contributed by atoms with Gasteiger partial charge in [-0.15, -0.1) is 11.8 Å². The zero-order valence-corrected chi connectivity index (χ0v) is 17.5. The van der Waals surface area contributed by atoms with Crippen LogP contribution in [0.2, 0.25) is 0 Å². The molecule has 2 aromatic heterocycles. The molecule has 28 heavy (non-hydrogen) atoms. The van der Waals surface area contributed by atoms with Crippen molar-refractivity contribution >= 4 is 34.9 Å². The minimum atomic E-state index is -0.421. The van der Waals surface area contributed by atoms with Crippen LogP contribution in [0.25, 0.3) is 22.4 Å². The Kier molecular flexibility index (Phi) is 5.15. The van der Waals surface area contributed by atoms with E-state index >= 15 is 0 Å². The van der Waals surface area contributed by atoms with Gasteiger partial charge in [-0.2, -0.15) is 0 Å². The molecule has 0 aliphatic carbocycles. The van der Waals surface area contributed by atoms with Crippen molar-refractivity contribution in [2.75, 3.05) is 24.2 Å². The van der Waals surface area contributed by atoms with E-state index in [0.717, 1.165) is 47.4 Å². The molecule has 1 saturated heterocycles. The Balaban J connectivity index is 1.74. The lowest BCUT2D eigenvalue weighted by Gasteiger charge is -2.21. The van der Waals surface area contributed by atoms with Gasteiger partial charge in [-0.3, -0.25) is 0 Å². The number of nitrogens with one attached hydrogen (secondary N) is 1. The zero-order chi connectivity index (χ0) is 19.7. The van der Waals surface area contributed by atoms with Crippen LogP contribution in [0.1, 0.15) is 32.3 Å². The maximum atomic E-state index is 11.3. The van der Waals surface area contributed by atoms with Crippen molar-refractivity contribution in [2.24, 2.45) is 5.41 Å². The minimum absolute atomic E-state index is 0.421. The maximum Gasteiger partial charge on any atom is 0.156 e. The summed E-state index contributed by atoms with van der Waals surface area (Å²) in [5.41, 5.74) is 5.46. The van der Waals surface area contributed by atoms with Crippen molar-refractivity contribution in [3.8, 4) is 11.3 Å². The summed E-state index contributed by atoms with van der Waals surface area (Å²) in [5.74, 6) is 0. The number of aromatic nitrogens is 3. The van der Waals surface area contributed by atoms with Crippen molar-refractivity contribution in [2.45, 2.75) is 38.0 Å². The topological polar surface area (TPSA) is 61.9 Å². The van der Waals surface area contributed by atoms with E-state index in [-0.39, 0.29) is 0 Å². The van der Waals surface area contributed by atoms with E-state index in [4.69, 9.17) is 4.98 Å². The third kappa shape index (κ3) is 3.65. The summed E-state index contributed by atoms with van der Waals surface area (Å²) in [4.78, 5) is 27.8. The fraction of sp³-hybridized carbons (Fsp3) is 0.409. The average molecular weight is 395 g/mol. The fourth-order valence-electron chi connectivity index (χ4n) is 3.80. The Hall–Kier alpha value is -2.34. The highest BCUT2D eigenvalue weighted by molar-refractivity contribution is 7.98. The van der Waals surface area contributed by atoms with Crippen LogP contribution in [0.4, 0.5) is 5.69 Å². The molecule has 0 radical (unpaired) electrons. The number of hydrogen-bond acceptors (Lipinski definition) is 5. The van der Waals surface area contributed by atoms with Crippen molar-refractivity contribution in [3.05, 3.63) is 36.2 Å². The molecule has 1 aliphatic rings.